The zero-order valence-corrected chi connectivity index (χ0v) is 11.6. The van der Waals surface area contributed by atoms with E-state index in [1.54, 1.807) is 12.1 Å². The Morgan fingerprint density at radius 3 is 2.55 bits per heavy atom. The third kappa shape index (κ3) is 1.85. The first kappa shape index (κ1) is 12.6. The van der Waals surface area contributed by atoms with Crippen LogP contribution in [0.4, 0.5) is 0 Å². The van der Waals surface area contributed by atoms with Crippen molar-refractivity contribution in [2.75, 3.05) is 0 Å². The van der Waals surface area contributed by atoms with Crippen molar-refractivity contribution in [1.82, 2.24) is 9.97 Å². The van der Waals surface area contributed by atoms with E-state index in [2.05, 4.69) is 9.97 Å². The average Bonchev–Trinajstić information content (AvgIpc) is 2.97. The molecule has 0 fully saturated rings. The molecular formula is C18H12N2O2. The monoisotopic (exact) mass is 288 g/mol. The third-order valence-corrected chi connectivity index (χ3v) is 3.81. The highest BCUT2D eigenvalue weighted by molar-refractivity contribution is 6.05. The van der Waals surface area contributed by atoms with Crippen molar-refractivity contribution in [3.8, 4) is 11.3 Å². The highest BCUT2D eigenvalue weighted by Gasteiger charge is 2.14. The maximum Gasteiger partial charge on any atom is 0.336 e. The number of carboxylic acids is 1. The predicted octanol–water partition coefficient (Wildman–Crippen LogP) is 4.08. The van der Waals surface area contributed by atoms with Gasteiger partial charge in [-0.3, -0.25) is 0 Å². The third-order valence-electron chi connectivity index (χ3n) is 3.81. The summed E-state index contributed by atoms with van der Waals surface area (Å²) in [5, 5.41) is 11.2. The number of benzene rings is 2. The molecule has 0 aliphatic carbocycles. The lowest BCUT2D eigenvalue weighted by molar-refractivity contribution is 0.0699. The number of rotatable bonds is 2. The van der Waals surface area contributed by atoms with Gasteiger partial charge < -0.3 is 10.1 Å². The summed E-state index contributed by atoms with van der Waals surface area (Å²) < 4.78 is 0. The number of aromatic nitrogens is 2. The van der Waals surface area contributed by atoms with Crippen molar-refractivity contribution < 1.29 is 9.90 Å². The Morgan fingerprint density at radius 2 is 1.73 bits per heavy atom. The molecule has 4 nitrogen and oxygen atoms in total. The van der Waals surface area contributed by atoms with Crippen LogP contribution in [0, 0.1) is 0 Å². The quantitative estimate of drug-likeness (QED) is 0.584. The van der Waals surface area contributed by atoms with Crippen molar-refractivity contribution in [2.45, 2.75) is 0 Å². The van der Waals surface area contributed by atoms with Gasteiger partial charge in [0.05, 0.1) is 16.8 Å². The molecule has 106 valence electrons. The molecule has 0 aliphatic heterocycles. The smallest absolute Gasteiger partial charge is 0.336 e. The first-order valence-corrected chi connectivity index (χ1v) is 6.93. The van der Waals surface area contributed by atoms with Crippen molar-refractivity contribution in [3.05, 3.63) is 66.4 Å². The highest BCUT2D eigenvalue weighted by Crippen LogP contribution is 2.30. The van der Waals surface area contributed by atoms with E-state index in [-0.39, 0.29) is 5.56 Å². The van der Waals surface area contributed by atoms with Crippen LogP contribution in [-0.2, 0) is 0 Å². The van der Waals surface area contributed by atoms with Crippen molar-refractivity contribution in [3.63, 3.8) is 0 Å². The van der Waals surface area contributed by atoms with Crippen LogP contribution in [0.3, 0.4) is 0 Å². The Morgan fingerprint density at radius 1 is 1.00 bits per heavy atom. The van der Waals surface area contributed by atoms with Gasteiger partial charge in [0.1, 0.15) is 0 Å². The lowest BCUT2D eigenvalue weighted by atomic mass is 10.0. The van der Waals surface area contributed by atoms with E-state index in [9.17, 15) is 9.90 Å². The number of nitrogens with one attached hydrogen (secondary N) is 1. The van der Waals surface area contributed by atoms with Gasteiger partial charge in [0.25, 0.3) is 0 Å². The highest BCUT2D eigenvalue weighted by atomic mass is 16.4. The maximum atomic E-state index is 11.6. The van der Waals surface area contributed by atoms with E-state index in [4.69, 9.17) is 0 Å². The van der Waals surface area contributed by atoms with Gasteiger partial charge >= 0.3 is 5.97 Å². The average molecular weight is 288 g/mol. The summed E-state index contributed by atoms with van der Waals surface area (Å²) in [6.45, 7) is 0. The van der Waals surface area contributed by atoms with E-state index in [1.807, 2.05) is 48.7 Å². The molecule has 2 N–H and O–H groups in total. The normalized spacial score (nSPS) is 11.1. The fourth-order valence-electron chi connectivity index (χ4n) is 2.77. The van der Waals surface area contributed by atoms with E-state index in [1.165, 1.54) is 0 Å². The minimum atomic E-state index is -0.945. The Bertz CT molecular complexity index is 1020. The Balaban J connectivity index is 2.05. The molecule has 0 saturated carbocycles. The summed E-state index contributed by atoms with van der Waals surface area (Å²) in [6, 6.07) is 16.8. The van der Waals surface area contributed by atoms with Gasteiger partial charge in [-0.15, -0.1) is 0 Å². The molecule has 0 saturated heterocycles. The summed E-state index contributed by atoms with van der Waals surface area (Å²) >= 11 is 0. The topological polar surface area (TPSA) is 66.0 Å². The molecule has 0 bridgehead atoms. The van der Waals surface area contributed by atoms with Crippen LogP contribution in [0.2, 0.25) is 0 Å². The maximum absolute atomic E-state index is 11.6. The minimum absolute atomic E-state index is 0.269. The predicted molar refractivity (Wildman–Crippen MR) is 86.0 cm³/mol. The molecule has 2 heterocycles. The first-order valence-electron chi connectivity index (χ1n) is 6.93. The Labute approximate surface area is 126 Å². The summed E-state index contributed by atoms with van der Waals surface area (Å²) in [6.07, 6.45) is 1.87. The Hall–Kier alpha value is -3.14. The zero-order valence-electron chi connectivity index (χ0n) is 11.6. The van der Waals surface area contributed by atoms with Gasteiger partial charge in [0, 0.05) is 28.0 Å². The number of H-pyrrole nitrogens is 1. The largest absolute Gasteiger partial charge is 0.478 e. The number of carboxylic acid groups (broad SMARTS) is 1. The lowest BCUT2D eigenvalue weighted by Gasteiger charge is -2.06. The van der Waals surface area contributed by atoms with Gasteiger partial charge in [0.2, 0.25) is 0 Å². The molecule has 0 amide bonds. The SMILES string of the molecule is O=C(O)c1cc(-c2c[nH]c3ccccc23)nc2ccccc12. The zero-order chi connectivity index (χ0) is 15.1. The summed E-state index contributed by atoms with van der Waals surface area (Å²) in [7, 11) is 0. The Kier molecular flexibility index (Phi) is 2.69. The number of aromatic carboxylic acids is 1. The molecule has 4 aromatic rings. The van der Waals surface area contributed by atoms with E-state index in [0.29, 0.717) is 16.6 Å². The van der Waals surface area contributed by atoms with E-state index in [0.717, 1.165) is 16.5 Å². The second kappa shape index (κ2) is 4.70. The van der Waals surface area contributed by atoms with Crippen LogP contribution < -0.4 is 0 Å². The lowest BCUT2D eigenvalue weighted by Crippen LogP contribution is -2.00. The van der Waals surface area contributed by atoms with Crippen LogP contribution in [0.5, 0.6) is 0 Å². The molecule has 0 atom stereocenters. The van der Waals surface area contributed by atoms with E-state index < -0.39 is 5.97 Å². The van der Waals surface area contributed by atoms with Crippen LogP contribution in [0.15, 0.2) is 60.8 Å². The molecule has 0 unspecified atom stereocenters. The molecule has 4 rings (SSSR count). The second-order valence-electron chi connectivity index (χ2n) is 5.13. The number of carbonyl (C=O) groups is 1. The summed E-state index contributed by atoms with van der Waals surface area (Å²) in [5.74, 6) is -0.945. The molecule has 0 radical (unpaired) electrons. The van der Waals surface area contributed by atoms with Crippen LogP contribution in [0.1, 0.15) is 10.4 Å². The number of aromatic amines is 1. The summed E-state index contributed by atoms with van der Waals surface area (Å²) in [5.41, 5.74) is 3.52. The standard InChI is InChI=1S/C18H12N2O2/c21-18(22)13-9-17(20-16-8-4-2-5-11(13)16)14-10-19-15-7-3-1-6-12(14)15/h1-10,19H,(H,21,22). The molecule has 0 aliphatic rings. The van der Waals surface area contributed by atoms with Crippen LogP contribution in [-0.4, -0.2) is 21.0 Å². The molecule has 22 heavy (non-hydrogen) atoms. The van der Waals surface area contributed by atoms with Crippen molar-refractivity contribution in [1.29, 1.82) is 0 Å². The van der Waals surface area contributed by atoms with Gasteiger partial charge in [0.15, 0.2) is 0 Å². The number of hydrogen-bond donors (Lipinski definition) is 2. The number of para-hydroxylation sites is 2. The van der Waals surface area contributed by atoms with Crippen molar-refractivity contribution >= 4 is 27.8 Å². The fourth-order valence-corrected chi connectivity index (χ4v) is 2.77. The molecule has 2 aromatic carbocycles. The van der Waals surface area contributed by atoms with Crippen LogP contribution >= 0.6 is 0 Å². The number of nitrogens with zero attached hydrogens (tertiary/aromatic N) is 1. The molecular weight excluding hydrogens is 276 g/mol. The van der Waals surface area contributed by atoms with Gasteiger partial charge in [-0.25, -0.2) is 9.78 Å². The number of fused-ring (bicyclic) bond motifs is 2. The fraction of sp³-hybridized carbons (Fsp3) is 0. The molecule has 2 aromatic heterocycles. The molecule has 0 spiro atoms. The van der Waals surface area contributed by atoms with Gasteiger partial charge in [-0.1, -0.05) is 36.4 Å². The second-order valence-corrected chi connectivity index (χ2v) is 5.13. The van der Waals surface area contributed by atoms with Gasteiger partial charge in [-0.2, -0.15) is 0 Å². The van der Waals surface area contributed by atoms with Crippen LogP contribution in [0.25, 0.3) is 33.1 Å². The molecule has 4 heteroatoms. The summed E-state index contributed by atoms with van der Waals surface area (Å²) in [4.78, 5) is 19.4. The van der Waals surface area contributed by atoms with Crippen molar-refractivity contribution in [2.24, 2.45) is 0 Å². The first-order chi connectivity index (χ1) is 10.7. The number of hydrogen-bond acceptors (Lipinski definition) is 2. The van der Waals surface area contributed by atoms with E-state index >= 15 is 0 Å². The minimum Gasteiger partial charge on any atom is -0.478 e. The number of pyridine rings is 1. The van der Waals surface area contributed by atoms with Gasteiger partial charge in [-0.05, 0) is 18.2 Å².